The lowest BCUT2D eigenvalue weighted by atomic mass is 10.1. The van der Waals surface area contributed by atoms with Gasteiger partial charge >= 0.3 is 0 Å². The van der Waals surface area contributed by atoms with Crippen LogP contribution in [0.5, 0.6) is 0 Å². The Hall–Kier alpha value is -8.22. The maximum Gasteiger partial charge on any atom is 0.0986 e. The first kappa shape index (κ1) is 34.6. The van der Waals surface area contributed by atoms with Crippen LogP contribution in [-0.2, 0) is 0 Å². The SMILES string of the molecule is Cc1cn(-c2c(-n3cc4ccccc4c3)c(-n3cc4ccccc4c3)c(-n3cc4ccccc4c3)c(-n3cc4ccccc4c3)c2-n2cc(C)c3ccccc32)c2ccccc12. The summed E-state index contributed by atoms with van der Waals surface area (Å²) in [6.45, 7) is 4.46. The molecule has 0 fully saturated rings. The van der Waals surface area contributed by atoms with E-state index in [2.05, 4.69) is 249 Å². The molecule has 0 aliphatic heterocycles. The minimum Gasteiger partial charge on any atom is -0.319 e. The summed E-state index contributed by atoms with van der Waals surface area (Å²) < 4.78 is 14.4. The van der Waals surface area contributed by atoms with Gasteiger partial charge in [0.25, 0.3) is 0 Å². The summed E-state index contributed by atoms with van der Waals surface area (Å²) in [6.07, 6.45) is 23.1. The van der Waals surface area contributed by atoms with E-state index in [0.717, 1.165) is 45.2 Å². The van der Waals surface area contributed by atoms with Crippen LogP contribution in [0.3, 0.4) is 0 Å². The summed E-state index contributed by atoms with van der Waals surface area (Å²) >= 11 is 0. The normalized spacial score (nSPS) is 12.0. The number of fused-ring (bicyclic) bond motifs is 6. The topological polar surface area (TPSA) is 29.6 Å². The fraction of sp³-hybridized carbons (Fsp3) is 0.0357. The average Bonchev–Trinajstić information content (AvgIpc) is 4.17. The maximum atomic E-state index is 2.46. The second-order valence-electron chi connectivity index (χ2n) is 16.7. The number of hydrogen-bond donors (Lipinski definition) is 0. The molecule has 0 atom stereocenters. The summed E-state index contributed by atoms with van der Waals surface area (Å²) in [6, 6.07) is 52.4. The highest BCUT2D eigenvalue weighted by atomic mass is 15.2. The molecule has 0 amide bonds. The van der Waals surface area contributed by atoms with Crippen molar-refractivity contribution < 1.29 is 0 Å². The van der Waals surface area contributed by atoms with Gasteiger partial charge in [-0.2, -0.15) is 0 Å². The van der Waals surface area contributed by atoms with Gasteiger partial charge in [-0.1, -0.05) is 133 Å². The molecular weight excluding hydrogens is 757 g/mol. The molecule has 13 aromatic rings. The molecule has 0 saturated carbocycles. The Balaban J connectivity index is 1.35. The Labute approximate surface area is 357 Å². The highest BCUT2D eigenvalue weighted by Gasteiger charge is 2.32. The Kier molecular flexibility index (Phi) is 7.34. The van der Waals surface area contributed by atoms with Crippen molar-refractivity contribution in [3.05, 3.63) is 219 Å². The van der Waals surface area contributed by atoms with Gasteiger partial charge in [-0.25, -0.2) is 0 Å². The third kappa shape index (κ3) is 5.10. The molecule has 0 saturated heterocycles. The second-order valence-corrected chi connectivity index (χ2v) is 16.7. The zero-order chi connectivity index (χ0) is 41.1. The number of para-hydroxylation sites is 2. The molecule has 62 heavy (non-hydrogen) atoms. The Morgan fingerprint density at radius 3 is 0.742 bits per heavy atom. The van der Waals surface area contributed by atoms with Crippen molar-refractivity contribution in [2.45, 2.75) is 13.8 Å². The molecule has 6 nitrogen and oxygen atoms in total. The van der Waals surface area contributed by atoms with Crippen LogP contribution in [0.25, 0.3) is 99.0 Å². The minimum atomic E-state index is 1.05. The van der Waals surface area contributed by atoms with E-state index < -0.39 is 0 Å². The van der Waals surface area contributed by atoms with Gasteiger partial charge < -0.3 is 27.4 Å². The van der Waals surface area contributed by atoms with Gasteiger partial charge in [-0.3, -0.25) is 0 Å². The van der Waals surface area contributed by atoms with Crippen molar-refractivity contribution in [2.24, 2.45) is 0 Å². The van der Waals surface area contributed by atoms with Gasteiger partial charge in [0.15, 0.2) is 0 Å². The first-order valence-corrected chi connectivity index (χ1v) is 21.2. The van der Waals surface area contributed by atoms with Gasteiger partial charge in [-0.15, -0.1) is 0 Å². The van der Waals surface area contributed by atoms with Gasteiger partial charge in [0, 0.05) is 72.7 Å². The molecule has 0 bridgehead atoms. The van der Waals surface area contributed by atoms with Gasteiger partial charge in [-0.05, 0) is 80.2 Å². The molecule has 0 aliphatic rings. The molecule has 13 rings (SSSR count). The molecular formula is C56H40N6. The van der Waals surface area contributed by atoms with Crippen LogP contribution in [-0.4, -0.2) is 27.4 Å². The van der Waals surface area contributed by atoms with E-state index in [4.69, 9.17) is 0 Å². The standard InChI is InChI=1S/C56H40N6/c1-37-27-61(49-25-13-11-23-47(37)49)55-53(59-33-43-19-7-8-20-44(43)34-59)51(57-29-39-15-3-4-16-40(39)30-57)52(58-31-41-17-5-6-18-42(41)32-58)54(60-35-45-21-9-10-22-46(45)36-60)56(55)62-28-38(2)48-24-12-14-26-50(48)62/h3-36H,1-2H3. The molecule has 7 aromatic carbocycles. The van der Waals surface area contributed by atoms with Gasteiger partial charge in [0.1, 0.15) is 0 Å². The Morgan fingerprint density at radius 2 is 0.468 bits per heavy atom. The van der Waals surface area contributed by atoms with E-state index >= 15 is 0 Å². The molecule has 294 valence electrons. The minimum absolute atomic E-state index is 1.05. The van der Waals surface area contributed by atoms with Gasteiger partial charge in [0.2, 0.25) is 0 Å². The summed E-state index contributed by atoms with van der Waals surface area (Å²) in [7, 11) is 0. The number of rotatable bonds is 6. The highest BCUT2D eigenvalue weighted by Crippen LogP contribution is 2.47. The second kappa shape index (κ2) is 13.1. The first-order chi connectivity index (χ1) is 30.6. The molecule has 0 unspecified atom stereocenters. The predicted molar refractivity (Wildman–Crippen MR) is 257 cm³/mol. The molecule has 0 N–H and O–H groups in total. The molecule has 6 heteroatoms. The zero-order valence-corrected chi connectivity index (χ0v) is 34.3. The number of aryl methyl sites for hydroxylation is 2. The lowest BCUT2D eigenvalue weighted by Gasteiger charge is -2.29. The Morgan fingerprint density at radius 1 is 0.242 bits per heavy atom. The van der Waals surface area contributed by atoms with Crippen LogP contribution in [0.15, 0.2) is 208 Å². The molecule has 0 aliphatic carbocycles. The van der Waals surface area contributed by atoms with Crippen molar-refractivity contribution in [2.75, 3.05) is 0 Å². The molecule has 6 heterocycles. The number of benzene rings is 7. The fourth-order valence-corrected chi connectivity index (χ4v) is 10.0. The molecule has 0 spiro atoms. The van der Waals surface area contributed by atoms with E-state index in [1.54, 1.807) is 0 Å². The summed E-state index contributed by atoms with van der Waals surface area (Å²) in [5.74, 6) is 0. The van der Waals surface area contributed by atoms with Crippen molar-refractivity contribution in [3.8, 4) is 34.1 Å². The third-order valence-electron chi connectivity index (χ3n) is 12.9. The summed E-state index contributed by atoms with van der Waals surface area (Å²) in [5.41, 5.74) is 11.1. The van der Waals surface area contributed by atoms with E-state index in [1.165, 1.54) is 65.0 Å². The molecule has 0 radical (unpaired) electrons. The maximum absolute atomic E-state index is 2.46. The van der Waals surface area contributed by atoms with E-state index in [1.807, 2.05) is 0 Å². The lowest BCUT2D eigenvalue weighted by Crippen LogP contribution is -2.18. The van der Waals surface area contributed by atoms with Crippen LogP contribution in [0.4, 0.5) is 0 Å². The summed E-state index contributed by atoms with van der Waals surface area (Å²) in [5, 5.41) is 11.8. The largest absolute Gasteiger partial charge is 0.319 e. The van der Waals surface area contributed by atoms with Crippen LogP contribution in [0.2, 0.25) is 0 Å². The van der Waals surface area contributed by atoms with Crippen molar-refractivity contribution in [3.63, 3.8) is 0 Å². The Bertz CT molecular complexity index is 3520. The van der Waals surface area contributed by atoms with Crippen LogP contribution in [0.1, 0.15) is 11.1 Å². The zero-order valence-electron chi connectivity index (χ0n) is 34.3. The fourth-order valence-electron chi connectivity index (χ4n) is 10.0. The van der Waals surface area contributed by atoms with Crippen LogP contribution >= 0.6 is 0 Å². The first-order valence-electron chi connectivity index (χ1n) is 21.2. The van der Waals surface area contributed by atoms with Crippen LogP contribution < -0.4 is 0 Å². The van der Waals surface area contributed by atoms with E-state index in [0.29, 0.717) is 0 Å². The monoisotopic (exact) mass is 796 g/mol. The van der Waals surface area contributed by atoms with Crippen LogP contribution in [0, 0.1) is 13.8 Å². The van der Waals surface area contributed by atoms with Crippen molar-refractivity contribution in [1.29, 1.82) is 0 Å². The van der Waals surface area contributed by atoms with Crippen molar-refractivity contribution in [1.82, 2.24) is 27.4 Å². The third-order valence-corrected chi connectivity index (χ3v) is 12.9. The van der Waals surface area contributed by atoms with Gasteiger partial charge in [0.05, 0.1) is 45.2 Å². The number of aromatic nitrogens is 6. The predicted octanol–water partition coefficient (Wildman–Crippen LogP) is 14.0. The number of hydrogen-bond acceptors (Lipinski definition) is 0. The molecule has 6 aromatic heterocycles. The summed E-state index contributed by atoms with van der Waals surface area (Å²) in [4.78, 5) is 0. The van der Waals surface area contributed by atoms with E-state index in [9.17, 15) is 0 Å². The lowest BCUT2D eigenvalue weighted by molar-refractivity contribution is 0.903. The highest BCUT2D eigenvalue weighted by molar-refractivity contribution is 5.99. The number of nitrogens with zero attached hydrogens (tertiary/aromatic N) is 6. The quantitative estimate of drug-likeness (QED) is 0.160. The smallest absolute Gasteiger partial charge is 0.0986 e. The average molecular weight is 797 g/mol. The van der Waals surface area contributed by atoms with Crippen molar-refractivity contribution >= 4 is 64.9 Å². The van der Waals surface area contributed by atoms with E-state index in [-0.39, 0.29) is 0 Å².